The van der Waals surface area contributed by atoms with E-state index in [0.717, 1.165) is 0 Å². The van der Waals surface area contributed by atoms with Crippen molar-refractivity contribution in [1.29, 1.82) is 0 Å². The van der Waals surface area contributed by atoms with Crippen molar-refractivity contribution in [2.75, 3.05) is 11.4 Å². The van der Waals surface area contributed by atoms with Gasteiger partial charge in [0, 0.05) is 13.0 Å². The van der Waals surface area contributed by atoms with E-state index in [1.165, 1.54) is 23.1 Å². The summed E-state index contributed by atoms with van der Waals surface area (Å²) in [4.78, 5) is 24.2. The fourth-order valence-corrected chi connectivity index (χ4v) is 2.30. The number of anilines is 1. The molecule has 2 aliphatic rings. The van der Waals surface area contributed by atoms with Gasteiger partial charge < -0.3 is 20.1 Å². The number of halogens is 2. The van der Waals surface area contributed by atoms with Crippen molar-refractivity contribution in [2.45, 2.75) is 12.7 Å². The number of ether oxygens (including phenoxy) is 2. The van der Waals surface area contributed by atoms with Crippen molar-refractivity contribution < 1.29 is 27.8 Å². The first kappa shape index (κ1) is 12.6. The molecule has 0 radical (unpaired) electrons. The van der Waals surface area contributed by atoms with E-state index in [1.54, 1.807) is 0 Å². The second kappa shape index (κ2) is 4.06. The molecule has 106 valence electrons. The smallest absolute Gasteiger partial charge is 0.395 e. The SMILES string of the molecule is NC(=O)C1CC(=O)N(c2cccc3c2OC(F)(F)O3)C1. The number of nitrogens with two attached hydrogens (primary N) is 1. The first-order valence-corrected chi connectivity index (χ1v) is 5.86. The fourth-order valence-electron chi connectivity index (χ4n) is 2.30. The maximum atomic E-state index is 13.1. The molecule has 0 spiro atoms. The van der Waals surface area contributed by atoms with Gasteiger partial charge in [-0.25, -0.2) is 0 Å². The molecule has 0 bridgehead atoms. The Morgan fingerprint density at radius 1 is 1.40 bits per heavy atom. The highest BCUT2D eigenvalue weighted by Crippen LogP contribution is 2.48. The van der Waals surface area contributed by atoms with Gasteiger partial charge in [-0.1, -0.05) is 6.07 Å². The number of amides is 2. The van der Waals surface area contributed by atoms with Crippen LogP contribution in [-0.2, 0) is 9.59 Å². The second-order valence-electron chi connectivity index (χ2n) is 4.58. The lowest BCUT2D eigenvalue weighted by atomic mass is 10.1. The van der Waals surface area contributed by atoms with Crippen LogP contribution >= 0.6 is 0 Å². The number of hydrogen-bond acceptors (Lipinski definition) is 4. The molecule has 1 fully saturated rings. The molecule has 20 heavy (non-hydrogen) atoms. The molecule has 0 saturated carbocycles. The predicted octanol–water partition coefficient (Wildman–Crippen LogP) is 0.846. The first-order chi connectivity index (χ1) is 9.37. The van der Waals surface area contributed by atoms with Crippen molar-refractivity contribution in [1.82, 2.24) is 0 Å². The van der Waals surface area contributed by atoms with Crippen LogP contribution in [0.5, 0.6) is 11.5 Å². The fraction of sp³-hybridized carbons (Fsp3) is 0.333. The molecule has 2 N–H and O–H groups in total. The average Bonchev–Trinajstić information content (AvgIpc) is 2.87. The maximum Gasteiger partial charge on any atom is 0.586 e. The minimum absolute atomic E-state index is 0.0412. The van der Waals surface area contributed by atoms with Crippen LogP contribution in [0.1, 0.15) is 6.42 Å². The third-order valence-corrected chi connectivity index (χ3v) is 3.23. The van der Waals surface area contributed by atoms with Gasteiger partial charge in [0.05, 0.1) is 11.6 Å². The monoisotopic (exact) mass is 284 g/mol. The van der Waals surface area contributed by atoms with Gasteiger partial charge in [0.1, 0.15) is 0 Å². The molecule has 1 saturated heterocycles. The van der Waals surface area contributed by atoms with E-state index < -0.39 is 18.1 Å². The van der Waals surface area contributed by atoms with E-state index in [9.17, 15) is 18.4 Å². The molecule has 1 aromatic rings. The summed E-state index contributed by atoms with van der Waals surface area (Å²) in [6.45, 7) is 0.0412. The van der Waals surface area contributed by atoms with Crippen molar-refractivity contribution >= 4 is 17.5 Å². The highest BCUT2D eigenvalue weighted by molar-refractivity contribution is 6.01. The van der Waals surface area contributed by atoms with Gasteiger partial charge >= 0.3 is 6.29 Å². The largest absolute Gasteiger partial charge is 0.586 e. The summed E-state index contributed by atoms with van der Waals surface area (Å²) in [5.41, 5.74) is 5.31. The quantitative estimate of drug-likeness (QED) is 0.872. The van der Waals surface area contributed by atoms with Crippen LogP contribution in [0.3, 0.4) is 0 Å². The Kier molecular flexibility index (Phi) is 2.56. The molecule has 1 atom stereocenters. The van der Waals surface area contributed by atoms with Gasteiger partial charge in [-0.2, -0.15) is 0 Å². The van der Waals surface area contributed by atoms with Crippen molar-refractivity contribution in [3.05, 3.63) is 18.2 Å². The molecule has 6 nitrogen and oxygen atoms in total. The van der Waals surface area contributed by atoms with E-state index in [2.05, 4.69) is 9.47 Å². The van der Waals surface area contributed by atoms with Gasteiger partial charge in [-0.3, -0.25) is 9.59 Å². The van der Waals surface area contributed by atoms with E-state index in [4.69, 9.17) is 5.73 Å². The summed E-state index contributed by atoms with van der Waals surface area (Å²) < 4.78 is 34.9. The van der Waals surface area contributed by atoms with Crippen LogP contribution in [0.25, 0.3) is 0 Å². The zero-order valence-electron chi connectivity index (χ0n) is 10.1. The van der Waals surface area contributed by atoms with Crippen LogP contribution in [-0.4, -0.2) is 24.7 Å². The number of para-hydroxylation sites is 1. The highest BCUT2D eigenvalue weighted by atomic mass is 19.3. The van der Waals surface area contributed by atoms with E-state index in [1.807, 2.05) is 0 Å². The van der Waals surface area contributed by atoms with Gasteiger partial charge in [-0.15, -0.1) is 8.78 Å². The number of primary amides is 1. The molecule has 3 rings (SSSR count). The molecule has 1 unspecified atom stereocenters. The predicted molar refractivity (Wildman–Crippen MR) is 62.3 cm³/mol. The highest BCUT2D eigenvalue weighted by Gasteiger charge is 2.46. The first-order valence-electron chi connectivity index (χ1n) is 5.86. The van der Waals surface area contributed by atoms with E-state index >= 15 is 0 Å². The number of rotatable bonds is 2. The molecule has 0 aliphatic carbocycles. The number of benzene rings is 1. The maximum absolute atomic E-state index is 13.1. The molecule has 1 aromatic carbocycles. The molecular formula is C12H10F2N2O4. The molecule has 0 aromatic heterocycles. The third kappa shape index (κ3) is 1.93. The minimum Gasteiger partial charge on any atom is -0.395 e. The lowest BCUT2D eigenvalue weighted by Crippen LogP contribution is -2.29. The Morgan fingerprint density at radius 2 is 2.15 bits per heavy atom. The number of alkyl halides is 2. The van der Waals surface area contributed by atoms with E-state index in [-0.39, 0.29) is 36.1 Å². The molecule has 8 heteroatoms. The summed E-state index contributed by atoms with van der Waals surface area (Å²) in [6, 6.07) is 4.22. The van der Waals surface area contributed by atoms with Crippen LogP contribution in [0.15, 0.2) is 18.2 Å². The van der Waals surface area contributed by atoms with Crippen LogP contribution in [0.4, 0.5) is 14.5 Å². The summed E-state index contributed by atoms with van der Waals surface area (Å²) in [7, 11) is 0. The Hall–Kier alpha value is -2.38. The standard InChI is InChI=1S/C12H10F2N2O4/c13-12(14)19-8-3-1-2-7(10(8)20-12)16-5-6(11(15)18)4-9(16)17/h1-3,6H,4-5H2,(H2,15,18). The minimum atomic E-state index is -3.76. The number of carbonyl (C=O) groups excluding carboxylic acids is 2. The molecule has 2 aliphatic heterocycles. The normalized spacial score (nSPS) is 23.2. The molecular weight excluding hydrogens is 274 g/mol. The van der Waals surface area contributed by atoms with E-state index in [0.29, 0.717) is 0 Å². The second-order valence-corrected chi connectivity index (χ2v) is 4.58. The topological polar surface area (TPSA) is 81.9 Å². The lowest BCUT2D eigenvalue weighted by Gasteiger charge is -2.17. The zero-order chi connectivity index (χ0) is 14.5. The lowest BCUT2D eigenvalue weighted by molar-refractivity contribution is -0.286. The molecule has 2 heterocycles. The summed E-state index contributed by atoms with van der Waals surface area (Å²) in [6.07, 6.45) is -3.81. The van der Waals surface area contributed by atoms with Gasteiger partial charge in [-0.05, 0) is 12.1 Å². The van der Waals surface area contributed by atoms with Gasteiger partial charge in [0.2, 0.25) is 11.8 Å². The van der Waals surface area contributed by atoms with Crippen LogP contribution < -0.4 is 20.1 Å². The summed E-state index contributed by atoms with van der Waals surface area (Å²) in [5.74, 6) is -1.98. The number of fused-ring (bicyclic) bond motifs is 1. The summed E-state index contributed by atoms with van der Waals surface area (Å²) >= 11 is 0. The summed E-state index contributed by atoms with van der Waals surface area (Å²) in [5, 5.41) is 0. The number of nitrogens with zero attached hydrogens (tertiary/aromatic N) is 1. The Morgan fingerprint density at radius 3 is 2.80 bits per heavy atom. The van der Waals surface area contributed by atoms with Gasteiger partial charge in [0.15, 0.2) is 11.5 Å². The third-order valence-electron chi connectivity index (χ3n) is 3.23. The average molecular weight is 284 g/mol. The van der Waals surface area contributed by atoms with Gasteiger partial charge in [0.25, 0.3) is 0 Å². The molecule has 2 amide bonds. The Labute approximate surface area is 112 Å². The van der Waals surface area contributed by atoms with Crippen molar-refractivity contribution in [2.24, 2.45) is 11.7 Å². The Balaban J connectivity index is 1.96. The van der Waals surface area contributed by atoms with Crippen LogP contribution in [0.2, 0.25) is 0 Å². The zero-order valence-corrected chi connectivity index (χ0v) is 10.1. The van der Waals surface area contributed by atoms with Crippen molar-refractivity contribution in [3.63, 3.8) is 0 Å². The van der Waals surface area contributed by atoms with Crippen LogP contribution in [0, 0.1) is 5.92 Å². The number of carbonyl (C=O) groups is 2. The Bertz CT molecular complexity index is 605. The number of hydrogen-bond donors (Lipinski definition) is 1. The van der Waals surface area contributed by atoms with Crippen molar-refractivity contribution in [3.8, 4) is 11.5 Å².